The van der Waals surface area contributed by atoms with Crippen molar-refractivity contribution in [1.82, 2.24) is 0 Å². The SMILES string of the molecule is COc1cc(NS(=O)(=O)c2ccc(C)cc2)c(C(=O)c2ccc(C)o2)cc1OC. The monoisotopic (exact) mass is 415 g/mol. The normalized spacial score (nSPS) is 11.2. The van der Waals surface area contributed by atoms with Gasteiger partial charge >= 0.3 is 0 Å². The lowest BCUT2D eigenvalue weighted by atomic mass is 10.1. The number of hydrogen-bond acceptors (Lipinski definition) is 6. The van der Waals surface area contributed by atoms with Gasteiger partial charge in [-0.25, -0.2) is 8.42 Å². The number of nitrogens with one attached hydrogen (secondary N) is 1. The number of sulfonamides is 1. The highest BCUT2D eigenvalue weighted by molar-refractivity contribution is 7.92. The first-order chi connectivity index (χ1) is 13.7. The molecule has 0 atom stereocenters. The summed E-state index contributed by atoms with van der Waals surface area (Å²) in [4.78, 5) is 13.1. The molecule has 1 heterocycles. The van der Waals surface area contributed by atoms with E-state index in [1.54, 1.807) is 25.1 Å². The number of methoxy groups -OCH3 is 2. The van der Waals surface area contributed by atoms with Crippen LogP contribution in [0.2, 0.25) is 0 Å². The van der Waals surface area contributed by atoms with Gasteiger partial charge in [0.2, 0.25) is 5.78 Å². The van der Waals surface area contributed by atoms with Crippen molar-refractivity contribution < 1.29 is 27.1 Å². The molecule has 0 saturated carbocycles. The first kappa shape index (κ1) is 20.5. The molecular formula is C21H21NO6S. The highest BCUT2D eigenvalue weighted by Gasteiger charge is 2.24. The average Bonchev–Trinajstić information content (AvgIpc) is 3.13. The minimum absolute atomic E-state index is 0.0577. The van der Waals surface area contributed by atoms with Crippen LogP contribution in [0.3, 0.4) is 0 Å². The molecule has 0 fully saturated rings. The molecular weight excluding hydrogens is 394 g/mol. The Kier molecular flexibility index (Phi) is 5.65. The van der Waals surface area contributed by atoms with E-state index in [9.17, 15) is 13.2 Å². The van der Waals surface area contributed by atoms with Crippen molar-refractivity contribution in [2.45, 2.75) is 18.7 Å². The number of hydrogen-bond donors (Lipinski definition) is 1. The highest BCUT2D eigenvalue weighted by Crippen LogP contribution is 2.35. The lowest BCUT2D eigenvalue weighted by Crippen LogP contribution is -2.16. The Balaban J connectivity index is 2.10. The first-order valence-electron chi connectivity index (χ1n) is 8.72. The van der Waals surface area contributed by atoms with E-state index in [4.69, 9.17) is 13.9 Å². The van der Waals surface area contributed by atoms with E-state index >= 15 is 0 Å². The molecule has 1 N–H and O–H groups in total. The van der Waals surface area contributed by atoms with Crippen molar-refractivity contribution in [2.24, 2.45) is 0 Å². The van der Waals surface area contributed by atoms with Crippen LogP contribution >= 0.6 is 0 Å². The lowest BCUT2D eigenvalue weighted by molar-refractivity contribution is 0.101. The number of anilines is 1. The smallest absolute Gasteiger partial charge is 0.261 e. The molecule has 3 aromatic rings. The Bertz CT molecular complexity index is 1150. The summed E-state index contributed by atoms with van der Waals surface area (Å²) in [5.74, 6) is 0.737. The molecule has 8 heteroatoms. The molecule has 1 aromatic heterocycles. The molecule has 152 valence electrons. The number of carbonyl (C=O) groups is 1. The molecule has 0 saturated heterocycles. The lowest BCUT2D eigenvalue weighted by Gasteiger charge is -2.15. The van der Waals surface area contributed by atoms with E-state index in [1.807, 2.05) is 6.92 Å². The topological polar surface area (TPSA) is 94.8 Å². The van der Waals surface area contributed by atoms with Crippen LogP contribution in [0.5, 0.6) is 11.5 Å². The highest BCUT2D eigenvalue weighted by atomic mass is 32.2. The number of ether oxygens (including phenoxy) is 2. The second-order valence-corrected chi connectivity index (χ2v) is 8.09. The molecule has 0 radical (unpaired) electrons. The molecule has 0 bridgehead atoms. The minimum Gasteiger partial charge on any atom is -0.493 e. The zero-order valence-corrected chi connectivity index (χ0v) is 17.3. The van der Waals surface area contributed by atoms with Gasteiger partial charge in [-0.05, 0) is 44.2 Å². The maximum absolute atomic E-state index is 13.0. The number of furan rings is 1. The van der Waals surface area contributed by atoms with Crippen LogP contribution in [-0.4, -0.2) is 28.4 Å². The van der Waals surface area contributed by atoms with Gasteiger partial charge in [0.15, 0.2) is 17.3 Å². The van der Waals surface area contributed by atoms with Crippen molar-refractivity contribution in [3.05, 3.63) is 71.2 Å². The van der Waals surface area contributed by atoms with E-state index < -0.39 is 15.8 Å². The Morgan fingerprint density at radius 1 is 0.931 bits per heavy atom. The summed E-state index contributed by atoms with van der Waals surface area (Å²) in [6.45, 7) is 3.58. The second-order valence-electron chi connectivity index (χ2n) is 6.41. The number of carbonyl (C=O) groups excluding carboxylic acids is 1. The minimum atomic E-state index is -3.94. The zero-order chi connectivity index (χ0) is 21.2. The third-order valence-electron chi connectivity index (χ3n) is 4.31. The summed E-state index contributed by atoms with van der Waals surface area (Å²) in [5.41, 5.74) is 1.06. The summed E-state index contributed by atoms with van der Waals surface area (Å²) < 4.78 is 44.2. The van der Waals surface area contributed by atoms with Crippen LogP contribution in [0.25, 0.3) is 0 Å². The maximum atomic E-state index is 13.0. The molecule has 2 aromatic carbocycles. The molecule has 0 spiro atoms. The number of rotatable bonds is 7. The third-order valence-corrected chi connectivity index (χ3v) is 5.69. The predicted octanol–water partition coefficient (Wildman–Crippen LogP) is 3.95. The molecule has 0 unspecified atom stereocenters. The van der Waals surface area contributed by atoms with Crippen molar-refractivity contribution in [1.29, 1.82) is 0 Å². The third kappa shape index (κ3) is 4.27. The molecule has 7 nitrogen and oxygen atoms in total. The quantitative estimate of drug-likeness (QED) is 0.587. The summed E-state index contributed by atoms with van der Waals surface area (Å²) in [6.07, 6.45) is 0. The molecule has 3 rings (SSSR count). The van der Waals surface area contributed by atoms with E-state index in [0.717, 1.165) is 5.56 Å². The van der Waals surface area contributed by atoms with E-state index in [-0.39, 0.29) is 33.4 Å². The fraction of sp³-hybridized carbons (Fsp3) is 0.190. The van der Waals surface area contributed by atoms with E-state index in [0.29, 0.717) is 5.76 Å². The summed E-state index contributed by atoms with van der Waals surface area (Å²) >= 11 is 0. The van der Waals surface area contributed by atoms with Crippen LogP contribution in [0.4, 0.5) is 5.69 Å². The molecule has 0 aliphatic rings. The van der Waals surface area contributed by atoms with Gasteiger partial charge in [0.1, 0.15) is 5.76 Å². The van der Waals surface area contributed by atoms with Crippen molar-refractivity contribution >= 4 is 21.5 Å². The van der Waals surface area contributed by atoms with Gasteiger partial charge in [-0.1, -0.05) is 17.7 Å². The summed E-state index contributed by atoms with van der Waals surface area (Å²) in [6, 6.07) is 12.4. The summed E-state index contributed by atoms with van der Waals surface area (Å²) in [7, 11) is -1.08. The Labute approximate surface area is 169 Å². The fourth-order valence-electron chi connectivity index (χ4n) is 2.76. The van der Waals surface area contributed by atoms with Crippen molar-refractivity contribution in [2.75, 3.05) is 18.9 Å². The Morgan fingerprint density at radius 3 is 2.10 bits per heavy atom. The second kappa shape index (κ2) is 8.00. The average molecular weight is 415 g/mol. The Hall–Kier alpha value is -3.26. The van der Waals surface area contributed by atoms with Crippen molar-refractivity contribution in [3.8, 4) is 11.5 Å². The van der Waals surface area contributed by atoms with Gasteiger partial charge in [-0.3, -0.25) is 9.52 Å². The van der Waals surface area contributed by atoms with Crippen LogP contribution in [0.15, 0.2) is 57.8 Å². The van der Waals surface area contributed by atoms with Gasteiger partial charge in [0, 0.05) is 6.07 Å². The predicted molar refractivity (Wildman–Crippen MR) is 108 cm³/mol. The van der Waals surface area contributed by atoms with Crippen LogP contribution in [-0.2, 0) is 10.0 Å². The maximum Gasteiger partial charge on any atom is 0.261 e. The van der Waals surface area contributed by atoms with Gasteiger partial charge < -0.3 is 13.9 Å². The zero-order valence-electron chi connectivity index (χ0n) is 16.5. The van der Waals surface area contributed by atoms with E-state index in [2.05, 4.69) is 4.72 Å². The van der Waals surface area contributed by atoms with Gasteiger partial charge in [0.25, 0.3) is 10.0 Å². The number of ketones is 1. The molecule has 0 amide bonds. The van der Waals surface area contributed by atoms with E-state index in [1.165, 1.54) is 44.6 Å². The van der Waals surface area contributed by atoms with Crippen LogP contribution in [0.1, 0.15) is 27.4 Å². The van der Waals surface area contributed by atoms with Gasteiger partial charge in [-0.2, -0.15) is 0 Å². The molecule has 29 heavy (non-hydrogen) atoms. The molecule has 0 aliphatic heterocycles. The standard InChI is InChI=1S/C21H21NO6S/c1-13-5-8-15(9-6-13)29(24,25)22-17-12-20(27-4)19(26-3)11-16(17)21(23)18-10-7-14(2)28-18/h5-12,22H,1-4H3. The Morgan fingerprint density at radius 2 is 1.55 bits per heavy atom. The largest absolute Gasteiger partial charge is 0.493 e. The van der Waals surface area contributed by atoms with Gasteiger partial charge in [0.05, 0.1) is 30.4 Å². The molecule has 0 aliphatic carbocycles. The van der Waals surface area contributed by atoms with Crippen LogP contribution in [0, 0.1) is 13.8 Å². The van der Waals surface area contributed by atoms with Gasteiger partial charge in [-0.15, -0.1) is 0 Å². The van der Waals surface area contributed by atoms with Crippen LogP contribution < -0.4 is 14.2 Å². The fourth-order valence-corrected chi connectivity index (χ4v) is 3.83. The number of benzene rings is 2. The summed E-state index contributed by atoms with van der Waals surface area (Å²) in [5, 5.41) is 0. The number of aryl methyl sites for hydroxylation is 2. The van der Waals surface area contributed by atoms with Crippen molar-refractivity contribution in [3.63, 3.8) is 0 Å². The first-order valence-corrected chi connectivity index (χ1v) is 10.2.